The summed E-state index contributed by atoms with van der Waals surface area (Å²) in [7, 11) is 0. The summed E-state index contributed by atoms with van der Waals surface area (Å²) in [6.45, 7) is 13.4. The summed E-state index contributed by atoms with van der Waals surface area (Å²) in [5.74, 6) is 2.42. The van der Waals surface area contributed by atoms with Gasteiger partial charge < -0.3 is 5.92 Å². The van der Waals surface area contributed by atoms with E-state index in [0.717, 1.165) is 25.5 Å². The Morgan fingerprint density at radius 3 is 2.33 bits per heavy atom. The predicted molar refractivity (Wildman–Crippen MR) is 118 cm³/mol. The first kappa shape index (κ1) is 22.4. The minimum atomic E-state index is 0. The molecule has 0 aliphatic carbocycles. The molecule has 0 N–H and O–H groups in total. The molecule has 1 fully saturated rings. The number of aryl methyl sites for hydroxylation is 1. The molecule has 3 rings (SSSR count). The van der Waals surface area contributed by atoms with Crippen LogP contribution in [0.25, 0.3) is 11.6 Å². The largest absolute Gasteiger partial charge is 0.317 e. The van der Waals surface area contributed by atoms with E-state index in [0.29, 0.717) is 0 Å². The molecule has 0 amide bonds. The maximum atomic E-state index is 4.32. The Morgan fingerprint density at radius 2 is 1.78 bits per heavy atom. The van der Waals surface area contributed by atoms with Crippen molar-refractivity contribution in [3.05, 3.63) is 84.3 Å². The van der Waals surface area contributed by atoms with Gasteiger partial charge in [0.25, 0.3) is 0 Å². The fourth-order valence-corrected chi connectivity index (χ4v) is 4.06. The van der Waals surface area contributed by atoms with Crippen LogP contribution in [0.15, 0.2) is 61.7 Å². The molecule has 137 valence electrons. The van der Waals surface area contributed by atoms with Crippen LogP contribution in [-0.4, -0.2) is 6.71 Å². The van der Waals surface area contributed by atoms with E-state index in [9.17, 15) is 0 Å². The van der Waals surface area contributed by atoms with E-state index in [1.807, 2.05) is 6.08 Å². The Kier molecular flexibility index (Phi) is 8.77. The summed E-state index contributed by atoms with van der Waals surface area (Å²) in [6.07, 6.45) is 7.93. The minimum absolute atomic E-state index is 0. The molecule has 2 heteroatoms. The average Bonchev–Trinajstić information content (AvgIpc) is 3.17. The molecule has 0 spiro atoms. The Balaban J connectivity index is 0.00000261. The second-order valence-corrected chi connectivity index (χ2v) is 7.96. The Hall–Kier alpha value is -0.911. The fourth-order valence-electron chi connectivity index (χ4n) is 4.06. The smallest absolute Gasteiger partial charge is 0.173 e. The maximum Gasteiger partial charge on any atom is 0.173 e. The molecule has 2 aromatic carbocycles. The van der Waals surface area contributed by atoms with Gasteiger partial charge in [0, 0.05) is 32.7 Å². The Labute approximate surface area is 191 Å². The van der Waals surface area contributed by atoms with Crippen molar-refractivity contribution in [3.63, 3.8) is 0 Å². The van der Waals surface area contributed by atoms with Crippen LogP contribution in [0.5, 0.6) is 0 Å². The van der Waals surface area contributed by atoms with Gasteiger partial charge in [0.1, 0.15) is 0 Å². The van der Waals surface area contributed by atoms with Crippen molar-refractivity contribution in [2.75, 3.05) is 0 Å². The first-order valence-electron chi connectivity index (χ1n) is 9.86. The van der Waals surface area contributed by atoms with Gasteiger partial charge in [-0.05, 0) is 35.1 Å². The quantitative estimate of drug-likeness (QED) is 0.357. The third-order valence-electron chi connectivity index (χ3n) is 5.97. The molecule has 0 bridgehead atoms. The van der Waals surface area contributed by atoms with Crippen LogP contribution < -0.4 is 5.46 Å². The summed E-state index contributed by atoms with van der Waals surface area (Å²) in [5.41, 5.74) is 6.55. The van der Waals surface area contributed by atoms with Crippen molar-refractivity contribution >= 4 is 23.8 Å². The van der Waals surface area contributed by atoms with E-state index in [1.165, 1.54) is 46.8 Å². The zero-order chi connectivity index (χ0) is 18.5. The van der Waals surface area contributed by atoms with Gasteiger partial charge in [0.05, 0.1) is 0 Å². The summed E-state index contributed by atoms with van der Waals surface area (Å²) in [4.78, 5) is 0. The van der Waals surface area contributed by atoms with Gasteiger partial charge in [0.15, 0.2) is 6.71 Å². The van der Waals surface area contributed by atoms with E-state index < -0.39 is 0 Å². The molecule has 1 atom stereocenters. The second-order valence-electron chi connectivity index (χ2n) is 7.96. The SMILES string of the molecule is C=Cc1ccc(CCC(=C)c2ccc(B3CCC([C-](C)C)C3)cc2)cc1.[Y]. The van der Waals surface area contributed by atoms with Crippen LogP contribution >= 0.6 is 0 Å². The number of hydrogen-bond donors (Lipinski definition) is 0. The predicted octanol–water partition coefficient (Wildman–Crippen LogP) is 6.31. The molecule has 0 aromatic heterocycles. The van der Waals surface area contributed by atoms with Crippen molar-refractivity contribution in [1.82, 2.24) is 0 Å². The van der Waals surface area contributed by atoms with E-state index in [-0.39, 0.29) is 32.7 Å². The van der Waals surface area contributed by atoms with Crippen molar-refractivity contribution in [2.24, 2.45) is 5.92 Å². The van der Waals surface area contributed by atoms with Gasteiger partial charge in [-0.15, -0.1) is 0 Å². The molecule has 1 aliphatic rings. The Bertz CT molecular complexity index is 743. The van der Waals surface area contributed by atoms with E-state index >= 15 is 0 Å². The van der Waals surface area contributed by atoms with Gasteiger partial charge >= 0.3 is 0 Å². The van der Waals surface area contributed by atoms with Crippen LogP contribution in [0.2, 0.25) is 12.6 Å². The molecular weight excluding hydrogens is 400 g/mol. The van der Waals surface area contributed by atoms with Crippen LogP contribution in [0.1, 0.15) is 43.4 Å². The van der Waals surface area contributed by atoms with Crippen LogP contribution in [-0.2, 0) is 39.1 Å². The van der Waals surface area contributed by atoms with Crippen molar-refractivity contribution in [3.8, 4) is 0 Å². The fraction of sp³-hybridized carbons (Fsp3) is 0.320. The van der Waals surface area contributed by atoms with Crippen molar-refractivity contribution in [2.45, 2.75) is 45.8 Å². The molecule has 1 saturated heterocycles. The number of benzene rings is 2. The molecule has 2 aromatic rings. The van der Waals surface area contributed by atoms with Gasteiger partial charge in [-0.2, -0.15) is 19.8 Å². The van der Waals surface area contributed by atoms with Gasteiger partial charge in [-0.1, -0.05) is 92.3 Å². The minimum Gasteiger partial charge on any atom is -0.317 e. The first-order valence-corrected chi connectivity index (χ1v) is 9.86. The zero-order valence-electron chi connectivity index (χ0n) is 16.9. The molecule has 1 heterocycles. The van der Waals surface area contributed by atoms with Crippen LogP contribution in [0.3, 0.4) is 0 Å². The third kappa shape index (κ3) is 6.03. The molecule has 0 nitrogen and oxygen atoms in total. The van der Waals surface area contributed by atoms with Gasteiger partial charge in [-0.25, -0.2) is 0 Å². The van der Waals surface area contributed by atoms with E-state index in [4.69, 9.17) is 0 Å². The second kappa shape index (κ2) is 10.6. The monoisotopic (exact) mass is 430 g/mol. The summed E-state index contributed by atoms with van der Waals surface area (Å²) < 4.78 is 0. The average molecular weight is 430 g/mol. The van der Waals surface area contributed by atoms with Crippen LogP contribution in [0, 0.1) is 11.8 Å². The third-order valence-corrected chi connectivity index (χ3v) is 5.97. The molecule has 27 heavy (non-hydrogen) atoms. The first-order chi connectivity index (χ1) is 12.6. The van der Waals surface area contributed by atoms with Gasteiger partial charge in [0.2, 0.25) is 0 Å². The molecule has 1 aliphatic heterocycles. The topological polar surface area (TPSA) is 0 Å². The number of rotatable bonds is 7. The maximum absolute atomic E-state index is 4.32. The standard InChI is InChI=1S/C25H30B.Y/c1-5-21-8-10-22(11-9-21)7-6-20(4)23-12-14-25(15-13-23)26-17-16-24(18-26)19(2)3;/h5,8-15,24H,1,4,6-7,16-18H2,2-3H3;/q-1;. The normalized spacial score (nSPS) is 16.3. The van der Waals surface area contributed by atoms with E-state index in [2.05, 4.69) is 75.5 Å². The molecule has 1 radical (unpaired) electrons. The molecular formula is C25H30BY-. The van der Waals surface area contributed by atoms with Crippen molar-refractivity contribution in [1.29, 1.82) is 0 Å². The summed E-state index contributed by atoms with van der Waals surface area (Å²) in [5, 5.41) is 0. The Morgan fingerprint density at radius 1 is 1.11 bits per heavy atom. The molecule has 1 unspecified atom stereocenters. The molecule has 0 saturated carbocycles. The summed E-state index contributed by atoms with van der Waals surface area (Å²) in [6, 6.07) is 17.8. The van der Waals surface area contributed by atoms with E-state index in [1.54, 1.807) is 5.92 Å². The zero-order valence-corrected chi connectivity index (χ0v) is 19.7. The van der Waals surface area contributed by atoms with Crippen LogP contribution in [0.4, 0.5) is 0 Å². The van der Waals surface area contributed by atoms with Crippen molar-refractivity contribution < 1.29 is 32.7 Å². The van der Waals surface area contributed by atoms with Gasteiger partial charge in [-0.3, -0.25) is 0 Å². The summed E-state index contributed by atoms with van der Waals surface area (Å²) >= 11 is 0. The number of allylic oxidation sites excluding steroid dienone is 1. The number of hydrogen-bond acceptors (Lipinski definition) is 0.